The molecule has 0 saturated heterocycles. The van der Waals surface area contributed by atoms with Gasteiger partial charge in [0.05, 0.1) is 7.11 Å². The Morgan fingerprint density at radius 2 is 2.11 bits per heavy atom. The third-order valence-electron chi connectivity index (χ3n) is 3.17. The molecule has 0 saturated carbocycles. The SMILES string of the molecule is CCNC(=O)CCc1cccc2ccc(OC)cc12. The van der Waals surface area contributed by atoms with Gasteiger partial charge < -0.3 is 10.1 Å². The minimum Gasteiger partial charge on any atom is -0.497 e. The number of amides is 1. The van der Waals surface area contributed by atoms with Crippen LogP contribution in [0.25, 0.3) is 10.8 Å². The summed E-state index contributed by atoms with van der Waals surface area (Å²) in [5.41, 5.74) is 1.18. The van der Waals surface area contributed by atoms with E-state index in [1.165, 1.54) is 10.9 Å². The highest BCUT2D eigenvalue weighted by Crippen LogP contribution is 2.24. The topological polar surface area (TPSA) is 38.3 Å². The number of methoxy groups -OCH3 is 1. The lowest BCUT2D eigenvalue weighted by molar-refractivity contribution is -0.120. The maximum atomic E-state index is 11.5. The standard InChI is InChI=1S/C16H19NO2/c1-3-17-16(18)10-8-13-6-4-5-12-7-9-14(19-2)11-15(12)13/h4-7,9,11H,3,8,10H2,1-2H3,(H,17,18). The molecule has 19 heavy (non-hydrogen) atoms. The average Bonchev–Trinajstić information content (AvgIpc) is 2.44. The van der Waals surface area contributed by atoms with E-state index in [9.17, 15) is 4.79 Å². The molecule has 1 N–H and O–H groups in total. The first kappa shape index (κ1) is 13.4. The van der Waals surface area contributed by atoms with Crippen LogP contribution in [0.15, 0.2) is 36.4 Å². The predicted molar refractivity (Wildman–Crippen MR) is 77.5 cm³/mol. The number of hydrogen-bond donors (Lipinski definition) is 1. The molecular formula is C16H19NO2. The fourth-order valence-corrected chi connectivity index (χ4v) is 2.20. The zero-order valence-electron chi connectivity index (χ0n) is 11.4. The number of benzene rings is 2. The maximum absolute atomic E-state index is 11.5. The van der Waals surface area contributed by atoms with Crippen molar-refractivity contribution in [3.63, 3.8) is 0 Å². The Balaban J connectivity index is 2.24. The second-order valence-corrected chi connectivity index (χ2v) is 4.46. The molecule has 0 atom stereocenters. The van der Waals surface area contributed by atoms with Gasteiger partial charge in [0.25, 0.3) is 0 Å². The molecule has 0 aliphatic heterocycles. The molecular weight excluding hydrogens is 238 g/mol. The second kappa shape index (κ2) is 6.23. The van der Waals surface area contributed by atoms with Gasteiger partial charge in [0, 0.05) is 13.0 Å². The van der Waals surface area contributed by atoms with Gasteiger partial charge >= 0.3 is 0 Å². The van der Waals surface area contributed by atoms with Crippen molar-refractivity contribution in [1.82, 2.24) is 5.32 Å². The Kier molecular flexibility index (Phi) is 4.39. The van der Waals surface area contributed by atoms with Crippen molar-refractivity contribution in [2.75, 3.05) is 13.7 Å². The van der Waals surface area contributed by atoms with Crippen molar-refractivity contribution in [3.8, 4) is 5.75 Å². The molecule has 3 heteroatoms. The molecule has 2 rings (SSSR count). The minimum atomic E-state index is 0.0994. The summed E-state index contributed by atoms with van der Waals surface area (Å²) in [7, 11) is 1.67. The summed E-state index contributed by atoms with van der Waals surface area (Å²) < 4.78 is 5.26. The number of carbonyl (C=O) groups excluding carboxylic acids is 1. The highest BCUT2D eigenvalue weighted by Gasteiger charge is 2.05. The van der Waals surface area contributed by atoms with Gasteiger partial charge in [0.15, 0.2) is 0 Å². The van der Waals surface area contributed by atoms with Crippen molar-refractivity contribution in [1.29, 1.82) is 0 Å². The first-order chi connectivity index (χ1) is 9.24. The van der Waals surface area contributed by atoms with Gasteiger partial charge in [0.2, 0.25) is 5.91 Å². The molecule has 2 aromatic carbocycles. The van der Waals surface area contributed by atoms with Crippen LogP contribution in [-0.4, -0.2) is 19.6 Å². The van der Waals surface area contributed by atoms with Gasteiger partial charge in [-0.05, 0) is 41.8 Å². The molecule has 0 aliphatic carbocycles. The number of nitrogens with one attached hydrogen (secondary N) is 1. The third-order valence-corrected chi connectivity index (χ3v) is 3.17. The van der Waals surface area contributed by atoms with E-state index in [2.05, 4.69) is 17.4 Å². The maximum Gasteiger partial charge on any atom is 0.220 e. The van der Waals surface area contributed by atoms with Crippen molar-refractivity contribution < 1.29 is 9.53 Å². The zero-order chi connectivity index (χ0) is 13.7. The van der Waals surface area contributed by atoms with E-state index in [0.717, 1.165) is 17.6 Å². The molecule has 2 aromatic rings. The van der Waals surface area contributed by atoms with E-state index in [1.807, 2.05) is 31.2 Å². The number of aryl methyl sites for hydroxylation is 1. The molecule has 0 fully saturated rings. The molecule has 0 bridgehead atoms. The summed E-state index contributed by atoms with van der Waals surface area (Å²) in [6.45, 7) is 2.61. The smallest absolute Gasteiger partial charge is 0.220 e. The van der Waals surface area contributed by atoms with Crippen molar-refractivity contribution in [3.05, 3.63) is 42.0 Å². The quantitative estimate of drug-likeness (QED) is 0.894. The number of ether oxygens (including phenoxy) is 1. The first-order valence-electron chi connectivity index (χ1n) is 6.57. The summed E-state index contributed by atoms with van der Waals surface area (Å²) in [5, 5.41) is 5.16. The van der Waals surface area contributed by atoms with Crippen LogP contribution in [0.5, 0.6) is 5.75 Å². The van der Waals surface area contributed by atoms with Crippen LogP contribution < -0.4 is 10.1 Å². The molecule has 0 aliphatic rings. The van der Waals surface area contributed by atoms with E-state index >= 15 is 0 Å². The monoisotopic (exact) mass is 257 g/mol. The average molecular weight is 257 g/mol. The molecule has 0 aromatic heterocycles. The van der Waals surface area contributed by atoms with E-state index < -0.39 is 0 Å². The van der Waals surface area contributed by atoms with Crippen molar-refractivity contribution in [2.24, 2.45) is 0 Å². The second-order valence-electron chi connectivity index (χ2n) is 4.46. The largest absolute Gasteiger partial charge is 0.497 e. The summed E-state index contributed by atoms with van der Waals surface area (Å²) in [5.74, 6) is 0.945. The molecule has 3 nitrogen and oxygen atoms in total. The van der Waals surface area contributed by atoms with E-state index in [0.29, 0.717) is 13.0 Å². The van der Waals surface area contributed by atoms with Crippen LogP contribution in [0.2, 0.25) is 0 Å². The lowest BCUT2D eigenvalue weighted by Gasteiger charge is -2.08. The predicted octanol–water partition coefficient (Wildman–Crippen LogP) is 2.92. The van der Waals surface area contributed by atoms with Gasteiger partial charge in [-0.3, -0.25) is 4.79 Å². The zero-order valence-corrected chi connectivity index (χ0v) is 11.4. The Morgan fingerprint density at radius 3 is 2.84 bits per heavy atom. The highest BCUT2D eigenvalue weighted by molar-refractivity contribution is 5.87. The Morgan fingerprint density at radius 1 is 1.26 bits per heavy atom. The molecule has 0 heterocycles. The van der Waals surface area contributed by atoms with Crippen LogP contribution in [0.1, 0.15) is 18.9 Å². The Bertz CT molecular complexity index is 578. The number of rotatable bonds is 5. The molecule has 0 radical (unpaired) electrons. The fourth-order valence-electron chi connectivity index (χ4n) is 2.20. The lowest BCUT2D eigenvalue weighted by Crippen LogP contribution is -2.22. The van der Waals surface area contributed by atoms with Gasteiger partial charge in [-0.25, -0.2) is 0 Å². The van der Waals surface area contributed by atoms with E-state index in [4.69, 9.17) is 4.74 Å². The van der Waals surface area contributed by atoms with Crippen LogP contribution in [-0.2, 0) is 11.2 Å². The van der Waals surface area contributed by atoms with E-state index in [1.54, 1.807) is 7.11 Å². The number of hydrogen-bond acceptors (Lipinski definition) is 2. The third kappa shape index (κ3) is 3.25. The first-order valence-corrected chi connectivity index (χ1v) is 6.57. The number of fused-ring (bicyclic) bond motifs is 1. The van der Waals surface area contributed by atoms with Gasteiger partial charge in [-0.1, -0.05) is 24.3 Å². The van der Waals surface area contributed by atoms with Crippen LogP contribution in [0.4, 0.5) is 0 Å². The Labute approximate surface area is 113 Å². The van der Waals surface area contributed by atoms with Crippen LogP contribution >= 0.6 is 0 Å². The van der Waals surface area contributed by atoms with Gasteiger partial charge in [0.1, 0.15) is 5.75 Å². The van der Waals surface area contributed by atoms with Crippen molar-refractivity contribution in [2.45, 2.75) is 19.8 Å². The van der Waals surface area contributed by atoms with Crippen LogP contribution in [0, 0.1) is 0 Å². The van der Waals surface area contributed by atoms with Gasteiger partial charge in [-0.2, -0.15) is 0 Å². The van der Waals surface area contributed by atoms with E-state index in [-0.39, 0.29) is 5.91 Å². The molecule has 1 amide bonds. The highest BCUT2D eigenvalue weighted by atomic mass is 16.5. The normalized spacial score (nSPS) is 10.4. The Hall–Kier alpha value is -2.03. The van der Waals surface area contributed by atoms with Crippen LogP contribution in [0.3, 0.4) is 0 Å². The fraction of sp³-hybridized carbons (Fsp3) is 0.312. The minimum absolute atomic E-state index is 0.0994. The van der Waals surface area contributed by atoms with Gasteiger partial charge in [-0.15, -0.1) is 0 Å². The number of carbonyl (C=O) groups is 1. The summed E-state index contributed by atoms with van der Waals surface area (Å²) in [6.07, 6.45) is 1.26. The summed E-state index contributed by atoms with van der Waals surface area (Å²) in [4.78, 5) is 11.5. The molecule has 0 unspecified atom stereocenters. The summed E-state index contributed by atoms with van der Waals surface area (Å²) >= 11 is 0. The summed E-state index contributed by atoms with van der Waals surface area (Å²) in [6, 6.07) is 12.2. The molecule has 100 valence electrons. The molecule has 0 spiro atoms. The van der Waals surface area contributed by atoms with Crippen molar-refractivity contribution >= 4 is 16.7 Å². The lowest BCUT2D eigenvalue weighted by atomic mass is 10.0.